The second-order valence-corrected chi connectivity index (χ2v) is 13.5. The van der Waals surface area contributed by atoms with E-state index in [2.05, 4.69) is 76.2 Å². The number of amides is 2. The predicted octanol–water partition coefficient (Wildman–Crippen LogP) is 6.39. The van der Waals surface area contributed by atoms with Crippen LogP contribution in [0.3, 0.4) is 0 Å². The highest BCUT2D eigenvalue weighted by Crippen LogP contribution is 2.65. The van der Waals surface area contributed by atoms with Gasteiger partial charge in [0, 0.05) is 36.9 Å². The smallest absolute Gasteiger partial charge is 0.230 e. The topological polar surface area (TPSA) is 70.7 Å². The van der Waals surface area contributed by atoms with E-state index in [0.29, 0.717) is 24.8 Å². The Bertz CT molecular complexity index is 1360. The van der Waals surface area contributed by atoms with Gasteiger partial charge >= 0.3 is 0 Å². The molecule has 2 amide bonds. The Morgan fingerprint density at radius 3 is 1.91 bits per heavy atom. The first-order valence-corrected chi connectivity index (χ1v) is 16.1. The third-order valence-electron chi connectivity index (χ3n) is 10.6. The van der Waals surface area contributed by atoms with Gasteiger partial charge in [0.25, 0.3) is 0 Å². The van der Waals surface area contributed by atoms with Crippen LogP contribution in [0.5, 0.6) is 0 Å². The molecule has 3 aromatic rings. The third-order valence-corrected chi connectivity index (χ3v) is 10.6. The first kappa shape index (κ1) is 28.1. The molecule has 2 unspecified atom stereocenters. The fraction of sp³-hybridized carbons (Fsp3) is 0.459. The van der Waals surface area contributed by atoms with Gasteiger partial charge in [-0.2, -0.15) is 0 Å². The number of nitrogens with one attached hydrogen (secondary N) is 2. The van der Waals surface area contributed by atoms with Crippen molar-refractivity contribution in [2.75, 3.05) is 43.1 Å². The molecule has 0 aromatic heterocycles. The molecule has 4 saturated carbocycles. The Morgan fingerprint density at radius 2 is 1.33 bits per heavy atom. The number of hydrogen-bond donors (Lipinski definition) is 2. The van der Waals surface area contributed by atoms with Crippen LogP contribution in [0.25, 0.3) is 0 Å². The quantitative estimate of drug-likeness (QED) is 0.309. The minimum atomic E-state index is -0.457. The molecule has 2 N–H and O–H groups in total. The van der Waals surface area contributed by atoms with Crippen molar-refractivity contribution in [1.29, 1.82) is 0 Å². The highest BCUT2D eigenvalue weighted by atomic mass is 16.5. The lowest BCUT2D eigenvalue weighted by Crippen LogP contribution is -2.60. The summed E-state index contributed by atoms with van der Waals surface area (Å²) < 4.78 is 5.48. The number of ether oxygens (including phenoxy) is 1. The van der Waals surface area contributed by atoms with Crippen LogP contribution < -0.4 is 15.5 Å². The van der Waals surface area contributed by atoms with Crippen molar-refractivity contribution in [3.8, 4) is 0 Å². The molecule has 6 heteroatoms. The van der Waals surface area contributed by atoms with Gasteiger partial charge in [0.1, 0.15) is 0 Å². The third kappa shape index (κ3) is 5.70. The second-order valence-electron chi connectivity index (χ2n) is 13.5. The molecule has 3 aromatic carbocycles. The maximum Gasteiger partial charge on any atom is 0.230 e. The summed E-state index contributed by atoms with van der Waals surface area (Å²) in [7, 11) is 0. The largest absolute Gasteiger partial charge is 0.378 e. The van der Waals surface area contributed by atoms with Gasteiger partial charge in [-0.3, -0.25) is 9.59 Å². The SMILES string of the molecule is O=C(NCCC(c1ccccc1)c1ccccc1)C12CC3CC(C1)CC(C(=O)Nc1ccc(N4CCOCC4)cc1)(C3)C2. The van der Waals surface area contributed by atoms with Crippen molar-refractivity contribution in [1.82, 2.24) is 5.32 Å². The monoisotopic (exact) mass is 577 g/mol. The van der Waals surface area contributed by atoms with Gasteiger partial charge in [-0.25, -0.2) is 0 Å². The van der Waals surface area contributed by atoms with Crippen molar-refractivity contribution in [3.63, 3.8) is 0 Å². The van der Waals surface area contributed by atoms with E-state index in [9.17, 15) is 9.59 Å². The number of carbonyl (C=O) groups excluding carboxylic acids is 2. The molecule has 1 aliphatic heterocycles. The highest BCUT2D eigenvalue weighted by molar-refractivity contribution is 5.97. The normalized spacial score (nSPS) is 27.7. The summed E-state index contributed by atoms with van der Waals surface area (Å²) in [6.07, 6.45) is 6.30. The Kier molecular flexibility index (Phi) is 7.72. The van der Waals surface area contributed by atoms with Crippen molar-refractivity contribution < 1.29 is 14.3 Å². The number of nitrogens with zero attached hydrogens (tertiary/aromatic N) is 1. The summed E-state index contributed by atoms with van der Waals surface area (Å²) in [5.74, 6) is 1.39. The zero-order valence-electron chi connectivity index (χ0n) is 25.0. The van der Waals surface area contributed by atoms with Crippen LogP contribution in [0.15, 0.2) is 84.9 Å². The molecular formula is C37H43N3O3. The summed E-state index contributed by atoms with van der Waals surface area (Å²) in [4.78, 5) is 30.3. The minimum Gasteiger partial charge on any atom is -0.378 e. The summed E-state index contributed by atoms with van der Waals surface area (Å²) in [5.41, 5.74) is 3.65. The van der Waals surface area contributed by atoms with E-state index in [1.807, 2.05) is 24.3 Å². The van der Waals surface area contributed by atoms with Gasteiger partial charge < -0.3 is 20.3 Å². The summed E-state index contributed by atoms with van der Waals surface area (Å²) >= 11 is 0. The lowest BCUT2D eigenvalue weighted by molar-refractivity contribution is -0.164. The van der Waals surface area contributed by atoms with Crippen LogP contribution in [0.4, 0.5) is 11.4 Å². The number of carbonyl (C=O) groups is 2. The Balaban J connectivity index is 1.02. The Morgan fingerprint density at radius 1 is 0.767 bits per heavy atom. The number of anilines is 2. The van der Waals surface area contributed by atoms with Crippen LogP contribution in [0, 0.1) is 22.7 Å². The number of morpholine rings is 1. The van der Waals surface area contributed by atoms with Gasteiger partial charge in [-0.15, -0.1) is 0 Å². The van der Waals surface area contributed by atoms with Crippen LogP contribution >= 0.6 is 0 Å². The fourth-order valence-corrected chi connectivity index (χ4v) is 9.05. The molecule has 4 aliphatic carbocycles. The maximum absolute atomic E-state index is 14.0. The first-order chi connectivity index (χ1) is 21.0. The van der Waals surface area contributed by atoms with Gasteiger partial charge in [-0.05, 0) is 92.2 Å². The van der Waals surface area contributed by atoms with E-state index in [0.717, 1.165) is 76.2 Å². The highest BCUT2D eigenvalue weighted by Gasteiger charge is 2.63. The number of rotatable bonds is 9. The lowest BCUT2D eigenvalue weighted by atomic mass is 9.43. The van der Waals surface area contributed by atoms with E-state index in [1.165, 1.54) is 11.1 Å². The molecule has 4 bridgehead atoms. The van der Waals surface area contributed by atoms with Crippen LogP contribution in [0.1, 0.15) is 62.0 Å². The van der Waals surface area contributed by atoms with E-state index >= 15 is 0 Å². The van der Waals surface area contributed by atoms with Gasteiger partial charge in [0.2, 0.25) is 11.8 Å². The van der Waals surface area contributed by atoms with Gasteiger partial charge in [-0.1, -0.05) is 60.7 Å². The summed E-state index contributed by atoms with van der Waals surface area (Å²) in [6, 6.07) is 29.4. The van der Waals surface area contributed by atoms with E-state index in [4.69, 9.17) is 4.74 Å². The molecule has 224 valence electrons. The molecule has 5 fully saturated rings. The molecule has 0 radical (unpaired) electrons. The van der Waals surface area contributed by atoms with Crippen LogP contribution in [-0.4, -0.2) is 44.7 Å². The lowest BCUT2D eigenvalue weighted by Gasteiger charge is -2.60. The van der Waals surface area contributed by atoms with E-state index in [1.54, 1.807) is 0 Å². The fourth-order valence-electron chi connectivity index (χ4n) is 9.05. The first-order valence-electron chi connectivity index (χ1n) is 16.1. The molecule has 1 heterocycles. The molecule has 0 spiro atoms. The van der Waals surface area contributed by atoms with Crippen LogP contribution in [-0.2, 0) is 14.3 Å². The molecule has 5 aliphatic rings. The number of hydrogen-bond acceptors (Lipinski definition) is 4. The molecule has 2 atom stereocenters. The van der Waals surface area contributed by atoms with E-state index < -0.39 is 10.8 Å². The molecule has 6 nitrogen and oxygen atoms in total. The average Bonchev–Trinajstić information content (AvgIpc) is 3.04. The molecular weight excluding hydrogens is 534 g/mol. The van der Waals surface area contributed by atoms with E-state index in [-0.39, 0.29) is 17.7 Å². The minimum absolute atomic E-state index is 0.103. The summed E-state index contributed by atoms with van der Waals surface area (Å²) in [5, 5.41) is 6.63. The summed E-state index contributed by atoms with van der Waals surface area (Å²) in [6.45, 7) is 3.90. The maximum atomic E-state index is 14.0. The number of benzene rings is 3. The second kappa shape index (κ2) is 11.8. The van der Waals surface area contributed by atoms with Crippen molar-refractivity contribution in [3.05, 3.63) is 96.1 Å². The van der Waals surface area contributed by atoms with Gasteiger partial charge in [0.15, 0.2) is 0 Å². The van der Waals surface area contributed by atoms with Crippen molar-refractivity contribution in [2.45, 2.75) is 50.9 Å². The molecule has 43 heavy (non-hydrogen) atoms. The molecule has 1 saturated heterocycles. The molecule has 8 rings (SSSR count). The van der Waals surface area contributed by atoms with Crippen molar-refractivity contribution in [2.24, 2.45) is 22.7 Å². The Labute approximate surface area is 255 Å². The van der Waals surface area contributed by atoms with Crippen LogP contribution in [0.2, 0.25) is 0 Å². The standard InChI is InChI=1S/C37H43N3O3/c41-34(38-16-15-33(29-7-3-1-4-8-29)30-9-5-2-6-10-30)36-22-27-21-28(23-36)25-37(24-27,26-36)35(42)39-31-11-13-32(14-12-31)40-17-19-43-20-18-40/h1-14,27-28,33H,15-26H2,(H,38,41)(H,39,42). The average molecular weight is 578 g/mol. The van der Waals surface area contributed by atoms with Gasteiger partial charge in [0.05, 0.1) is 24.0 Å². The predicted molar refractivity (Wildman–Crippen MR) is 170 cm³/mol. The zero-order valence-corrected chi connectivity index (χ0v) is 25.0. The zero-order chi connectivity index (χ0) is 29.3. The van der Waals surface area contributed by atoms with Crippen molar-refractivity contribution >= 4 is 23.2 Å². The Hall–Kier alpha value is -3.64.